The Hall–Kier alpha value is -2.22. The number of fused-ring (bicyclic) bond motifs is 1. The molecule has 7 nitrogen and oxygen atoms in total. The number of amides is 1. The van der Waals surface area contributed by atoms with E-state index in [4.69, 9.17) is 0 Å². The van der Waals surface area contributed by atoms with Gasteiger partial charge in [-0.05, 0) is 30.4 Å². The molecule has 1 saturated heterocycles. The topological polar surface area (TPSA) is 102 Å². The summed E-state index contributed by atoms with van der Waals surface area (Å²) in [5.74, 6) is 0.371. The Morgan fingerprint density at radius 1 is 1.30 bits per heavy atom. The molecule has 4 atom stereocenters. The maximum Gasteiger partial charge on any atom is 0.272 e. The summed E-state index contributed by atoms with van der Waals surface area (Å²) < 4.78 is 0. The molecule has 2 aromatic rings. The molecule has 1 spiro atoms. The third-order valence-electron chi connectivity index (χ3n) is 6.61. The van der Waals surface area contributed by atoms with E-state index in [1.54, 1.807) is 0 Å². The molecule has 0 unspecified atom stereocenters. The lowest BCUT2D eigenvalue weighted by Crippen LogP contribution is -2.31. The second-order valence-electron chi connectivity index (χ2n) is 7.92. The first-order chi connectivity index (χ1) is 13.2. The zero-order valence-electron chi connectivity index (χ0n) is 15.2. The van der Waals surface area contributed by atoms with Crippen molar-refractivity contribution in [2.75, 3.05) is 26.2 Å². The number of aromatic nitrogens is 2. The zero-order chi connectivity index (χ0) is 18.4. The third-order valence-corrected chi connectivity index (χ3v) is 6.61. The van der Waals surface area contributed by atoms with Gasteiger partial charge in [-0.2, -0.15) is 5.10 Å². The molecule has 27 heavy (non-hydrogen) atoms. The monoisotopic (exact) mass is 367 g/mol. The number of nitrogens with one attached hydrogen (secondary N) is 4. The van der Waals surface area contributed by atoms with Crippen molar-refractivity contribution < 1.29 is 9.90 Å². The lowest BCUT2D eigenvalue weighted by atomic mass is 9.95. The SMILES string of the molecule is O=C(NC[C@H]1[C@H](c2ccccc2)[C@@]12CNC[C@H]2O)c1n[nH]c2c1CCNC2. The molecule has 3 heterocycles. The molecule has 5 N–H and O–H groups in total. The number of H-pyrrole nitrogens is 1. The van der Waals surface area contributed by atoms with E-state index < -0.39 is 0 Å². The smallest absolute Gasteiger partial charge is 0.272 e. The quantitative estimate of drug-likeness (QED) is 0.529. The molecule has 3 aliphatic rings. The van der Waals surface area contributed by atoms with Gasteiger partial charge in [0.15, 0.2) is 5.69 Å². The molecule has 7 heteroatoms. The van der Waals surface area contributed by atoms with Crippen LogP contribution in [0.25, 0.3) is 0 Å². The number of aliphatic hydroxyl groups is 1. The molecule has 2 aliphatic heterocycles. The van der Waals surface area contributed by atoms with Crippen molar-refractivity contribution in [2.45, 2.75) is 25.0 Å². The van der Waals surface area contributed by atoms with Crippen molar-refractivity contribution in [3.63, 3.8) is 0 Å². The Bertz CT molecular complexity index is 851. The predicted molar refractivity (Wildman–Crippen MR) is 100 cm³/mol. The van der Waals surface area contributed by atoms with Crippen LogP contribution < -0.4 is 16.0 Å². The summed E-state index contributed by atoms with van der Waals surface area (Å²) in [6.45, 7) is 3.56. The van der Waals surface area contributed by atoms with Crippen LogP contribution in [0.2, 0.25) is 0 Å². The first-order valence-electron chi connectivity index (χ1n) is 9.70. The van der Waals surface area contributed by atoms with E-state index >= 15 is 0 Å². The number of aliphatic hydroxyl groups excluding tert-OH is 1. The number of β-amino-alcohol motifs (C(OH)–C–C–N with tert-alkyl or cyclic N) is 1. The second kappa shape index (κ2) is 6.44. The number of aromatic amines is 1. The number of hydrogen-bond acceptors (Lipinski definition) is 5. The minimum absolute atomic E-state index is 0.122. The minimum Gasteiger partial charge on any atom is -0.391 e. The number of nitrogens with zero attached hydrogens (tertiary/aromatic N) is 1. The largest absolute Gasteiger partial charge is 0.391 e. The Labute approximate surface area is 157 Å². The van der Waals surface area contributed by atoms with E-state index in [1.807, 2.05) is 18.2 Å². The maximum absolute atomic E-state index is 12.7. The zero-order valence-corrected chi connectivity index (χ0v) is 15.2. The van der Waals surface area contributed by atoms with E-state index in [0.717, 1.165) is 37.3 Å². The summed E-state index contributed by atoms with van der Waals surface area (Å²) in [5, 5.41) is 27.5. The lowest BCUT2D eigenvalue weighted by molar-refractivity contribution is 0.0933. The molecule has 1 aliphatic carbocycles. The maximum atomic E-state index is 12.7. The van der Waals surface area contributed by atoms with Crippen molar-refractivity contribution in [2.24, 2.45) is 11.3 Å². The highest BCUT2D eigenvalue weighted by molar-refractivity contribution is 5.94. The van der Waals surface area contributed by atoms with E-state index in [-0.39, 0.29) is 29.3 Å². The molecule has 5 rings (SSSR count). The molecule has 1 aromatic carbocycles. The van der Waals surface area contributed by atoms with Crippen molar-refractivity contribution in [1.82, 2.24) is 26.1 Å². The highest BCUT2D eigenvalue weighted by Gasteiger charge is 2.69. The predicted octanol–water partition coefficient (Wildman–Crippen LogP) is 0.149. The molecule has 2 fully saturated rings. The molecule has 0 radical (unpaired) electrons. The van der Waals surface area contributed by atoms with Crippen LogP contribution >= 0.6 is 0 Å². The van der Waals surface area contributed by atoms with Crippen LogP contribution in [0.4, 0.5) is 0 Å². The van der Waals surface area contributed by atoms with Crippen LogP contribution in [0.1, 0.15) is 33.2 Å². The Balaban J connectivity index is 1.33. The molecular weight excluding hydrogens is 342 g/mol. The summed E-state index contributed by atoms with van der Waals surface area (Å²) in [7, 11) is 0. The van der Waals surface area contributed by atoms with Gasteiger partial charge < -0.3 is 21.1 Å². The molecule has 1 aromatic heterocycles. The standard InChI is InChI=1S/C20H25N5O2/c26-16-10-22-11-20(16)14(17(20)12-4-2-1-3-5-12)8-23-19(27)18-13-6-7-21-9-15(13)24-25-18/h1-5,14,16-17,21-22,26H,6-11H2,(H,23,27)(H,24,25)/t14-,16+,17-,20-/m0/s1. The first kappa shape index (κ1) is 16.9. The van der Waals surface area contributed by atoms with Crippen LogP contribution in [0.5, 0.6) is 0 Å². The number of benzene rings is 1. The highest BCUT2D eigenvalue weighted by atomic mass is 16.3. The van der Waals surface area contributed by atoms with Gasteiger partial charge in [0.25, 0.3) is 5.91 Å². The number of rotatable bonds is 4. The minimum atomic E-state index is -0.381. The van der Waals surface area contributed by atoms with E-state index in [9.17, 15) is 9.90 Å². The van der Waals surface area contributed by atoms with Crippen molar-refractivity contribution in [3.05, 3.63) is 52.8 Å². The molecule has 1 amide bonds. The van der Waals surface area contributed by atoms with Gasteiger partial charge in [-0.1, -0.05) is 30.3 Å². The highest BCUT2D eigenvalue weighted by Crippen LogP contribution is 2.67. The molecule has 1 saturated carbocycles. The van der Waals surface area contributed by atoms with Crippen LogP contribution in [-0.2, 0) is 13.0 Å². The van der Waals surface area contributed by atoms with Crippen LogP contribution in [-0.4, -0.2) is 53.5 Å². The fourth-order valence-corrected chi connectivity index (χ4v) is 5.20. The normalized spacial score (nSPS) is 31.7. The van der Waals surface area contributed by atoms with Gasteiger partial charge in [0, 0.05) is 37.2 Å². The third kappa shape index (κ3) is 2.61. The first-order valence-corrected chi connectivity index (χ1v) is 9.70. The average Bonchev–Trinajstić information content (AvgIpc) is 2.96. The van der Waals surface area contributed by atoms with Gasteiger partial charge in [0.2, 0.25) is 0 Å². The number of carbonyl (C=O) groups excluding carboxylic acids is 1. The van der Waals surface area contributed by atoms with Crippen molar-refractivity contribution >= 4 is 5.91 Å². The average molecular weight is 367 g/mol. The van der Waals surface area contributed by atoms with Crippen molar-refractivity contribution in [1.29, 1.82) is 0 Å². The van der Waals surface area contributed by atoms with E-state index in [2.05, 4.69) is 38.3 Å². The van der Waals surface area contributed by atoms with Crippen LogP contribution in [0.3, 0.4) is 0 Å². The Morgan fingerprint density at radius 3 is 2.93 bits per heavy atom. The number of carbonyl (C=O) groups is 1. The molecule has 142 valence electrons. The van der Waals surface area contributed by atoms with Gasteiger partial charge in [0.1, 0.15) is 0 Å². The summed E-state index contributed by atoms with van der Waals surface area (Å²) in [6, 6.07) is 10.3. The lowest BCUT2D eigenvalue weighted by Gasteiger charge is -2.15. The van der Waals surface area contributed by atoms with E-state index in [0.29, 0.717) is 18.8 Å². The Kier molecular flexibility index (Phi) is 4.03. The fourth-order valence-electron chi connectivity index (χ4n) is 5.20. The summed E-state index contributed by atoms with van der Waals surface area (Å²) in [5.41, 5.74) is 3.61. The van der Waals surface area contributed by atoms with Crippen molar-refractivity contribution in [3.8, 4) is 0 Å². The van der Waals surface area contributed by atoms with Gasteiger partial charge in [0.05, 0.1) is 11.8 Å². The number of hydrogen-bond donors (Lipinski definition) is 5. The van der Waals surface area contributed by atoms with Gasteiger partial charge >= 0.3 is 0 Å². The fraction of sp³-hybridized carbons (Fsp3) is 0.500. The van der Waals surface area contributed by atoms with E-state index in [1.165, 1.54) is 5.56 Å². The second-order valence-corrected chi connectivity index (χ2v) is 7.92. The molecular formula is C20H25N5O2. The summed E-state index contributed by atoms with van der Waals surface area (Å²) >= 11 is 0. The van der Waals surface area contributed by atoms with Gasteiger partial charge in [-0.25, -0.2) is 0 Å². The summed E-state index contributed by atoms with van der Waals surface area (Å²) in [6.07, 6.45) is 0.436. The van der Waals surface area contributed by atoms with Gasteiger partial charge in [-0.15, -0.1) is 0 Å². The van der Waals surface area contributed by atoms with Crippen LogP contribution in [0.15, 0.2) is 30.3 Å². The summed E-state index contributed by atoms with van der Waals surface area (Å²) in [4.78, 5) is 12.7. The van der Waals surface area contributed by atoms with Gasteiger partial charge in [-0.3, -0.25) is 9.89 Å². The molecule has 0 bridgehead atoms. The van der Waals surface area contributed by atoms with Crippen LogP contribution in [0, 0.1) is 11.3 Å². The Morgan fingerprint density at radius 2 is 2.15 bits per heavy atom.